The van der Waals surface area contributed by atoms with Crippen molar-refractivity contribution in [2.45, 2.75) is 12.5 Å². The Morgan fingerprint density at radius 2 is 2.05 bits per heavy atom. The predicted octanol–water partition coefficient (Wildman–Crippen LogP) is 2.78. The zero-order chi connectivity index (χ0) is 14.1. The number of aromatic hydroxyl groups is 1. The molecule has 1 atom stereocenters. The standard InChI is InChI=1S/C16H16FNO2/c1-20-15-5-3-11(17)8-14(15)16-13-9-12(19)4-2-10(13)6-7-18-16/h2-5,8-9,16,18-19H,6-7H2,1H3. The fourth-order valence-corrected chi connectivity index (χ4v) is 2.75. The molecule has 2 N–H and O–H groups in total. The van der Waals surface area contributed by atoms with Gasteiger partial charge in [-0.15, -0.1) is 0 Å². The van der Waals surface area contributed by atoms with Crippen molar-refractivity contribution in [3.05, 3.63) is 58.9 Å². The molecule has 0 fully saturated rings. The van der Waals surface area contributed by atoms with Gasteiger partial charge in [0.05, 0.1) is 13.2 Å². The van der Waals surface area contributed by atoms with Gasteiger partial charge in [0.2, 0.25) is 0 Å². The highest BCUT2D eigenvalue weighted by Crippen LogP contribution is 2.35. The average Bonchev–Trinajstić information content (AvgIpc) is 2.46. The lowest BCUT2D eigenvalue weighted by atomic mass is 9.89. The van der Waals surface area contributed by atoms with Gasteiger partial charge in [-0.2, -0.15) is 0 Å². The molecule has 0 amide bonds. The van der Waals surface area contributed by atoms with Crippen LogP contribution in [-0.2, 0) is 6.42 Å². The van der Waals surface area contributed by atoms with Crippen molar-refractivity contribution < 1.29 is 14.2 Å². The van der Waals surface area contributed by atoms with Gasteiger partial charge in [0.1, 0.15) is 17.3 Å². The number of benzene rings is 2. The number of methoxy groups -OCH3 is 1. The number of rotatable bonds is 2. The minimum absolute atomic E-state index is 0.170. The molecule has 3 nitrogen and oxygen atoms in total. The molecule has 0 aliphatic carbocycles. The molecule has 0 radical (unpaired) electrons. The molecule has 104 valence electrons. The van der Waals surface area contributed by atoms with Crippen LogP contribution in [0.5, 0.6) is 11.5 Å². The molecule has 0 bridgehead atoms. The van der Waals surface area contributed by atoms with Crippen LogP contribution < -0.4 is 10.1 Å². The number of fused-ring (bicyclic) bond motifs is 1. The molecule has 1 aliphatic rings. The van der Waals surface area contributed by atoms with E-state index in [0.717, 1.165) is 29.7 Å². The van der Waals surface area contributed by atoms with Crippen LogP contribution in [-0.4, -0.2) is 18.8 Å². The minimum atomic E-state index is -0.296. The van der Waals surface area contributed by atoms with Crippen molar-refractivity contribution in [1.82, 2.24) is 5.32 Å². The summed E-state index contributed by atoms with van der Waals surface area (Å²) in [7, 11) is 1.57. The summed E-state index contributed by atoms with van der Waals surface area (Å²) in [6, 6.07) is 9.66. The molecule has 0 saturated heterocycles. The van der Waals surface area contributed by atoms with E-state index in [0.29, 0.717) is 5.75 Å². The van der Waals surface area contributed by atoms with Crippen molar-refractivity contribution in [1.29, 1.82) is 0 Å². The largest absolute Gasteiger partial charge is 0.508 e. The summed E-state index contributed by atoms with van der Waals surface area (Å²) in [6.07, 6.45) is 0.893. The van der Waals surface area contributed by atoms with Gasteiger partial charge in [0.15, 0.2) is 0 Å². The summed E-state index contributed by atoms with van der Waals surface area (Å²) in [5.74, 6) is 0.558. The number of nitrogens with one attached hydrogen (secondary N) is 1. The highest BCUT2D eigenvalue weighted by molar-refractivity contribution is 5.47. The van der Waals surface area contributed by atoms with E-state index in [1.165, 1.54) is 12.1 Å². The Morgan fingerprint density at radius 1 is 1.20 bits per heavy atom. The highest BCUT2D eigenvalue weighted by atomic mass is 19.1. The molecule has 2 aromatic carbocycles. The molecule has 1 heterocycles. The molecular weight excluding hydrogens is 257 g/mol. The predicted molar refractivity (Wildman–Crippen MR) is 74.6 cm³/mol. The van der Waals surface area contributed by atoms with E-state index in [4.69, 9.17) is 4.74 Å². The second-order valence-corrected chi connectivity index (χ2v) is 4.91. The number of hydrogen-bond acceptors (Lipinski definition) is 3. The van der Waals surface area contributed by atoms with E-state index in [-0.39, 0.29) is 17.6 Å². The SMILES string of the molecule is COc1ccc(F)cc1C1NCCc2ccc(O)cc21. The van der Waals surface area contributed by atoms with Crippen LogP contribution in [0.4, 0.5) is 4.39 Å². The van der Waals surface area contributed by atoms with Crippen molar-refractivity contribution in [2.75, 3.05) is 13.7 Å². The van der Waals surface area contributed by atoms with E-state index in [1.807, 2.05) is 6.07 Å². The van der Waals surface area contributed by atoms with E-state index < -0.39 is 0 Å². The van der Waals surface area contributed by atoms with Gasteiger partial charge in [0, 0.05) is 12.1 Å². The van der Waals surface area contributed by atoms with E-state index in [2.05, 4.69) is 5.32 Å². The normalized spacial score (nSPS) is 17.6. The maximum atomic E-state index is 13.6. The Kier molecular flexibility index (Phi) is 3.32. The highest BCUT2D eigenvalue weighted by Gasteiger charge is 2.24. The Balaban J connectivity index is 2.13. The summed E-state index contributed by atoms with van der Waals surface area (Å²) in [6.45, 7) is 0.808. The fraction of sp³-hybridized carbons (Fsp3) is 0.250. The van der Waals surface area contributed by atoms with Crippen molar-refractivity contribution in [3.8, 4) is 11.5 Å². The maximum absolute atomic E-state index is 13.6. The van der Waals surface area contributed by atoms with Crippen LogP contribution in [0.15, 0.2) is 36.4 Å². The lowest BCUT2D eigenvalue weighted by Crippen LogP contribution is -2.30. The van der Waals surface area contributed by atoms with Crippen LogP contribution in [0.1, 0.15) is 22.7 Å². The second kappa shape index (κ2) is 5.13. The Labute approximate surface area is 117 Å². The summed E-state index contributed by atoms with van der Waals surface area (Å²) in [4.78, 5) is 0. The van der Waals surface area contributed by atoms with E-state index in [9.17, 15) is 9.50 Å². The van der Waals surface area contributed by atoms with Gasteiger partial charge >= 0.3 is 0 Å². The summed E-state index contributed by atoms with van der Waals surface area (Å²) in [5.41, 5.74) is 2.89. The minimum Gasteiger partial charge on any atom is -0.508 e. The topological polar surface area (TPSA) is 41.5 Å². The van der Waals surface area contributed by atoms with Gasteiger partial charge in [-0.3, -0.25) is 0 Å². The third-order valence-corrected chi connectivity index (χ3v) is 3.69. The zero-order valence-corrected chi connectivity index (χ0v) is 11.2. The molecule has 1 aliphatic heterocycles. The van der Waals surface area contributed by atoms with Crippen molar-refractivity contribution in [2.24, 2.45) is 0 Å². The van der Waals surface area contributed by atoms with Crippen LogP contribution in [0.3, 0.4) is 0 Å². The first-order valence-electron chi connectivity index (χ1n) is 6.57. The third kappa shape index (κ3) is 2.23. The van der Waals surface area contributed by atoms with Gasteiger partial charge in [0.25, 0.3) is 0 Å². The first kappa shape index (κ1) is 12.9. The summed E-state index contributed by atoms with van der Waals surface area (Å²) < 4.78 is 18.9. The maximum Gasteiger partial charge on any atom is 0.124 e. The molecule has 0 aromatic heterocycles. The first-order valence-corrected chi connectivity index (χ1v) is 6.57. The third-order valence-electron chi connectivity index (χ3n) is 3.69. The number of phenols is 1. The molecule has 2 aromatic rings. The Morgan fingerprint density at radius 3 is 2.85 bits per heavy atom. The van der Waals surface area contributed by atoms with Crippen molar-refractivity contribution in [3.63, 3.8) is 0 Å². The molecular formula is C16H16FNO2. The van der Waals surface area contributed by atoms with Gasteiger partial charge < -0.3 is 15.2 Å². The van der Waals surface area contributed by atoms with Gasteiger partial charge in [-0.25, -0.2) is 4.39 Å². The molecule has 4 heteroatoms. The number of phenolic OH excluding ortho intramolecular Hbond substituents is 1. The Hall–Kier alpha value is -2.07. The number of ether oxygens (including phenoxy) is 1. The fourth-order valence-electron chi connectivity index (χ4n) is 2.75. The summed E-state index contributed by atoms with van der Waals surface area (Å²) in [5, 5.41) is 13.1. The lowest BCUT2D eigenvalue weighted by Gasteiger charge is -2.28. The van der Waals surface area contributed by atoms with Crippen LogP contribution in [0.2, 0.25) is 0 Å². The molecule has 3 rings (SSSR count). The monoisotopic (exact) mass is 273 g/mol. The molecule has 0 saturated carbocycles. The molecule has 0 spiro atoms. The van der Waals surface area contributed by atoms with E-state index in [1.54, 1.807) is 25.3 Å². The number of halogens is 1. The smallest absolute Gasteiger partial charge is 0.124 e. The molecule has 1 unspecified atom stereocenters. The van der Waals surface area contributed by atoms with Crippen LogP contribution >= 0.6 is 0 Å². The first-order chi connectivity index (χ1) is 9.69. The summed E-state index contributed by atoms with van der Waals surface area (Å²) >= 11 is 0. The molecule has 20 heavy (non-hydrogen) atoms. The quantitative estimate of drug-likeness (QED) is 0.884. The zero-order valence-electron chi connectivity index (χ0n) is 11.2. The van der Waals surface area contributed by atoms with Crippen molar-refractivity contribution >= 4 is 0 Å². The van der Waals surface area contributed by atoms with Crippen LogP contribution in [0, 0.1) is 5.82 Å². The second-order valence-electron chi connectivity index (χ2n) is 4.91. The van der Waals surface area contributed by atoms with Gasteiger partial charge in [-0.1, -0.05) is 6.07 Å². The number of hydrogen-bond donors (Lipinski definition) is 2. The Bertz CT molecular complexity index is 642. The van der Waals surface area contributed by atoms with Gasteiger partial charge in [-0.05, 0) is 47.9 Å². The van der Waals surface area contributed by atoms with Crippen LogP contribution in [0.25, 0.3) is 0 Å². The van der Waals surface area contributed by atoms with E-state index >= 15 is 0 Å². The average molecular weight is 273 g/mol. The lowest BCUT2D eigenvalue weighted by molar-refractivity contribution is 0.400.